The number of benzene rings is 1. The lowest BCUT2D eigenvalue weighted by Crippen LogP contribution is -2.39. The molecule has 1 saturated heterocycles. The van der Waals surface area contributed by atoms with Crippen LogP contribution in [0.5, 0.6) is 0 Å². The van der Waals surface area contributed by atoms with Gasteiger partial charge in [-0.3, -0.25) is 0 Å². The Morgan fingerprint density at radius 3 is 2.45 bits per heavy atom. The topological polar surface area (TPSA) is 12.0 Å². The molecule has 0 radical (unpaired) electrons. The van der Waals surface area contributed by atoms with Crippen molar-refractivity contribution in [1.82, 2.24) is 5.32 Å². The van der Waals surface area contributed by atoms with Crippen LogP contribution in [0.2, 0.25) is 0 Å². The number of nitrogens with one attached hydrogen (secondary N) is 1. The van der Waals surface area contributed by atoms with E-state index >= 15 is 0 Å². The van der Waals surface area contributed by atoms with Crippen LogP contribution in [0.15, 0.2) is 30.3 Å². The third-order valence-electron chi connectivity index (χ3n) is 1.93. The number of thiocarbonyl (C=S) groups is 1. The summed E-state index contributed by atoms with van der Waals surface area (Å²) in [7, 11) is 0. The lowest BCUT2D eigenvalue weighted by molar-refractivity contribution is 0.591. The van der Waals surface area contributed by atoms with Crippen LogP contribution in [0, 0.1) is 0 Å². The fourth-order valence-corrected chi connectivity index (χ4v) is 1.55. The van der Waals surface area contributed by atoms with Crippen molar-refractivity contribution in [2.45, 2.75) is 12.5 Å². The van der Waals surface area contributed by atoms with Crippen molar-refractivity contribution in [3.63, 3.8) is 0 Å². The van der Waals surface area contributed by atoms with E-state index in [4.69, 9.17) is 12.2 Å². The van der Waals surface area contributed by atoms with Crippen LogP contribution in [0.25, 0.3) is 0 Å². The molecule has 0 aliphatic carbocycles. The van der Waals surface area contributed by atoms with Gasteiger partial charge >= 0.3 is 0 Å². The highest BCUT2D eigenvalue weighted by Gasteiger charge is 2.22. The van der Waals surface area contributed by atoms with Gasteiger partial charge in [-0.05, 0) is 5.56 Å². The van der Waals surface area contributed by atoms with Gasteiger partial charge in [-0.2, -0.15) is 0 Å². The van der Waals surface area contributed by atoms with Gasteiger partial charge in [0.25, 0.3) is 0 Å². The lowest BCUT2D eigenvalue weighted by Gasteiger charge is -2.29. The average molecular weight is 163 g/mol. The third-order valence-corrected chi connectivity index (χ3v) is 2.21. The Kier molecular flexibility index (Phi) is 1.62. The van der Waals surface area contributed by atoms with E-state index in [1.165, 1.54) is 5.56 Å². The van der Waals surface area contributed by atoms with Gasteiger partial charge in [-0.1, -0.05) is 42.5 Å². The molecule has 0 spiro atoms. The van der Waals surface area contributed by atoms with Crippen LogP contribution < -0.4 is 5.32 Å². The molecule has 1 nitrogen and oxygen atoms in total. The summed E-state index contributed by atoms with van der Waals surface area (Å²) in [5.74, 6) is 0. The van der Waals surface area contributed by atoms with Crippen LogP contribution in [-0.4, -0.2) is 4.99 Å². The normalized spacial score (nSPS) is 22.2. The quantitative estimate of drug-likeness (QED) is 0.636. The zero-order valence-electron chi connectivity index (χ0n) is 6.08. The third kappa shape index (κ3) is 1.26. The summed E-state index contributed by atoms with van der Waals surface area (Å²) in [4.78, 5) is 0.985. The molecule has 1 fully saturated rings. The highest BCUT2D eigenvalue weighted by molar-refractivity contribution is 7.80. The van der Waals surface area contributed by atoms with Crippen molar-refractivity contribution in [3.8, 4) is 0 Å². The summed E-state index contributed by atoms with van der Waals surface area (Å²) >= 11 is 4.95. The first-order chi connectivity index (χ1) is 5.36. The lowest BCUT2D eigenvalue weighted by atomic mass is 9.98. The molecule has 1 N–H and O–H groups in total. The molecule has 1 heterocycles. The van der Waals surface area contributed by atoms with Crippen LogP contribution >= 0.6 is 12.2 Å². The molecule has 56 valence electrons. The van der Waals surface area contributed by atoms with E-state index in [-0.39, 0.29) is 0 Å². The Labute approximate surface area is 71.4 Å². The van der Waals surface area contributed by atoms with E-state index in [1.54, 1.807) is 0 Å². The molecule has 11 heavy (non-hydrogen) atoms. The largest absolute Gasteiger partial charge is 0.372 e. The molecule has 0 saturated carbocycles. The van der Waals surface area contributed by atoms with Gasteiger partial charge in [0.05, 0.1) is 11.0 Å². The van der Waals surface area contributed by atoms with Crippen molar-refractivity contribution in [3.05, 3.63) is 35.9 Å². The summed E-state index contributed by atoms with van der Waals surface area (Å²) in [6.07, 6.45) is 1.01. The Bertz CT molecular complexity index is 260. The fourth-order valence-electron chi connectivity index (χ4n) is 1.25. The van der Waals surface area contributed by atoms with Gasteiger partial charge in [-0.15, -0.1) is 0 Å². The maximum absolute atomic E-state index is 4.95. The second kappa shape index (κ2) is 2.62. The van der Waals surface area contributed by atoms with Crippen LogP contribution in [0.1, 0.15) is 18.0 Å². The van der Waals surface area contributed by atoms with Gasteiger partial charge in [0.1, 0.15) is 0 Å². The first-order valence-electron chi connectivity index (χ1n) is 3.70. The SMILES string of the molecule is S=C1CC(c2ccccc2)N1. The van der Waals surface area contributed by atoms with Crippen molar-refractivity contribution >= 4 is 17.2 Å². The molecular formula is C9H9NS. The maximum atomic E-state index is 4.95. The van der Waals surface area contributed by atoms with Gasteiger partial charge in [-0.25, -0.2) is 0 Å². The second-order valence-corrected chi connectivity index (χ2v) is 3.23. The Hall–Kier alpha value is -0.890. The average Bonchev–Trinajstić information content (AvgIpc) is 2.01. The molecule has 0 amide bonds. The fraction of sp³-hybridized carbons (Fsp3) is 0.222. The van der Waals surface area contributed by atoms with Crippen molar-refractivity contribution in [1.29, 1.82) is 0 Å². The summed E-state index contributed by atoms with van der Waals surface area (Å²) in [5, 5.41) is 3.19. The summed E-state index contributed by atoms with van der Waals surface area (Å²) in [5.41, 5.74) is 1.33. The van der Waals surface area contributed by atoms with E-state index in [0.29, 0.717) is 6.04 Å². The van der Waals surface area contributed by atoms with Gasteiger partial charge in [0, 0.05) is 6.42 Å². The van der Waals surface area contributed by atoms with Crippen molar-refractivity contribution in [2.75, 3.05) is 0 Å². The van der Waals surface area contributed by atoms with E-state index in [0.717, 1.165) is 11.4 Å². The van der Waals surface area contributed by atoms with E-state index < -0.39 is 0 Å². The smallest absolute Gasteiger partial charge is 0.0782 e. The maximum Gasteiger partial charge on any atom is 0.0782 e. The van der Waals surface area contributed by atoms with Crippen LogP contribution in [0.4, 0.5) is 0 Å². The summed E-state index contributed by atoms with van der Waals surface area (Å²) in [6, 6.07) is 10.9. The van der Waals surface area contributed by atoms with Gasteiger partial charge in [0.15, 0.2) is 0 Å². The molecule has 1 aromatic carbocycles. The van der Waals surface area contributed by atoms with Crippen molar-refractivity contribution in [2.24, 2.45) is 0 Å². The monoisotopic (exact) mass is 163 g/mol. The zero-order chi connectivity index (χ0) is 7.68. The minimum atomic E-state index is 0.476. The predicted octanol–water partition coefficient (Wildman–Crippen LogP) is 2.05. The number of hydrogen-bond donors (Lipinski definition) is 1. The zero-order valence-corrected chi connectivity index (χ0v) is 6.90. The van der Waals surface area contributed by atoms with E-state index in [2.05, 4.69) is 29.6 Å². The molecule has 1 unspecified atom stereocenters. The van der Waals surface area contributed by atoms with Gasteiger partial charge in [0.2, 0.25) is 0 Å². The summed E-state index contributed by atoms with van der Waals surface area (Å²) in [6.45, 7) is 0. The molecule has 1 aliphatic heterocycles. The van der Waals surface area contributed by atoms with Gasteiger partial charge < -0.3 is 5.32 Å². The molecule has 1 aromatic rings. The van der Waals surface area contributed by atoms with Crippen LogP contribution in [-0.2, 0) is 0 Å². The molecule has 0 bridgehead atoms. The Balaban J connectivity index is 2.13. The van der Waals surface area contributed by atoms with E-state index in [1.807, 2.05) is 6.07 Å². The number of rotatable bonds is 1. The minimum absolute atomic E-state index is 0.476. The van der Waals surface area contributed by atoms with Crippen molar-refractivity contribution < 1.29 is 0 Å². The molecule has 2 heteroatoms. The second-order valence-electron chi connectivity index (χ2n) is 2.73. The first-order valence-corrected chi connectivity index (χ1v) is 4.11. The minimum Gasteiger partial charge on any atom is -0.372 e. The van der Waals surface area contributed by atoms with Crippen LogP contribution in [0.3, 0.4) is 0 Å². The predicted molar refractivity (Wildman–Crippen MR) is 49.5 cm³/mol. The highest BCUT2D eigenvalue weighted by Crippen LogP contribution is 2.23. The first kappa shape index (κ1) is 6.80. The summed E-state index contributed by atoms with van der Waals surface area (Å²) < 4.78 is 0. The molecule has 0 aromatic heterocycles. The number of hydrogen-bond acceptors (Lipinski definition) is 1. The van der Waals surface area contributed by atoms with E-state index in [9.17, 15) is 0 Å². The molecule has 1 aliphatic rings. The molecule has 2 rings (SSSR count). The standard InChI is InChI=1S/C9H9NS/c11-9-6-8(10-9)7-4-2-1-3-5-7/h1-5,8H,6H2,(H,10,11). The molecular weight excluding hydrogens is 154 g/mol. The highest BCUT2D eigenvalue weighted by atomic mass is 32.1. The molecule has 1 atom stereocenters. The Morgan fingerprint density at radius 1 is 1.27 bits per heavy atom. The Morgan fingerprint density at radius 2 is 1.91 bits per heavy atom.